The summed E-state index contributed by atoms with van der Waals surface area (Å²) < 4.78 is 43.6. The molecule has 0 aliphatic rings. The SMILES string of the molecule is CSc1ccc(C(=O)OCc2ccccc2C(F)(F)F)cc1[N+](=O)[O-]. The average molecular weight is 371 g/mol. The van der Waals surface area contributed by atoms with Gasteiger partial charge in [-0.3, -0.25) is 10.1 Å². The molecule has 0 atom stereocenters. The summed E-state index contributed by atoms with van der Waals surface area (Å²) in [5.41, 5.74) is -1.46. The monoisotopic (exact) mass is 371 g/mol. The molecule has 2 rings (SSSR count). The van der Waals surface area contributed by atoms with Crippen LogP contribution in [-0.4, -0.2) is 17.1 Å². The van der Waals surface area contributed by atoms with E-state index in [1.54, 1.807) is 6.26 Å². The van der Waals surface area contributed by atoms with Gasteiger partial charge in [0, 0.05) is 11.6 Å². The molecule has 25 heavy (non-hydrogen) atoms. The van der Waals surface area contributed by atoms with Crippen LogP contribution in [0.5, 0.6) is 0 Å². The number of halogens is 3. The Morgan fingerprint density at radius 2 is 1.92 bits per heavy atom. The number of rotatable bonds is 5. The smallest absolute Gasteiger partial charge is 0.416 e. The number of nitro groups is 1. The maximum absolute atomic E-state index is 12.9. The Kier molecular flexibility index (Phi) is 5.68. The van der Waals surface area contributed by atoms with E-state index in [0.717, 1.165) is 23.9 Å². The highest BCUT2D eigenvalue weighted by Gasteiger charge is 2.33. The molecule has 0 fully saturated rings. The minimum Gasteiger partial charge on any atom is -0.457 e. The lowest BCUT2D eigenvalue weighted by atomic mass is 10.1. The van der Waals surface area contributed by atoms with Crippen LogP contribution in [0.2, 0.25) is 0 Å². The van der Waals surface area contributed by atoms with Crippen LogP contribution in [0.4, 0.5) is 18.9 Å². The number of benzene rings is 2. The molecule has 0 aliphatic carbocycles. The van der Waals surface area contributed by atoms with Crippen molar-refractivity contribution in [2.45, 2.75) is 17.7 Å². The van der Waals surface area contributed by atoms with Gasteiger partial charge in [0.25, 0.3) is 5.69 Å². The second kappa shape index (κ2) is 7.56. The van der Waals surface area contributed by atoms with Gasteiger partial charge >= 0.3 is 12.1 Å². The standard InChI is InChI=1S/C16H12F3NO4S/c1-25-14-7-6-10(8-13(14)20(22)23)15(21)24-9-11-4-2-3-5-12(11)16(17,18)19/h2-8H,9H2,1H3. The van der Waals surface area contributed by atoms with Gasteiger partial charge in [-0.1, -0.05) is 18.2 Å². The van der Waals surface area contributed by atoms with Crippen LogP contribution in [0.15, 0.2) is 47.4 Å². The van der Waals surface area contributed by atoms with Crippen molar-refractivity contribution in [1.29, 1.82) is 0 Å². The van der Waals surface area contributed by atoms with E-state index < -0.39 is 29.2 Å². The zero-order chi connectivity index (χ0) is 18.6. The van der Waals surface area contributed by atoms with E-state index in [1.165, 1.54) is 30.3 Å². The van der Waals surface area contributed by atoms with Crippen molar-refractivity contribution in [3.8, 4) is 0 Å². The Morgan fingerprint density at radius 3 is 2.52 bits per heavy atom. The normalized spacial score (nSPS) is 11.2. The van der Waals surface area contributed by atoms with Crippen LogP contribution in [-0.2, 0) is 17.5 Å². The maximum atomic E-state index is 12.9. The number of hydrogen-bond donors (Lipinski definition) is 0. The molecule has 0 amide bonds. The van der Waals surface area contributed by atoms with E-state index in [1.807, 2.05) is 0 Å². The van der Waals surface area contributed by atoms with Gasteiger partial charge in [-0.2, -0.15) is 13.2 Å². The number of nitro benzene ring substituents is 1. The topological polar surface area (TPSA) is 69.4 Å². The zero-order valence-electron chi connectivity index (χ0n) is 12.9. The third-order valence-corrected chi connectivity index (χ3v) is 4.08. The van der Waals surface area contributed by atoms with Crippen LogP contribution in [0, 0.1) is 10.1 Å². The number of esters is 1. The molecular formula is C16H12F3NO4S. The first-order chi connectivity index (χ1) is 11.7. The van der Waals surface area contributed by atoms with Crippen LogP contribution >= 0.6 is 11.8 Å². The minimum atomic E-state index is -4.57. The Hall–Kier alpha value is -2.55. The molecule has 9 heteroatoms. The lowest BCUT2D eigenvalue weighted by Gasteiger charge is -2.13. The second-order valence-electron chi connectivity index (χ2n) is 4.87. The summed E-state index contributed by atoms with van der Waals surface area (Å²) in [6.07, 6.45) is -2.92. The molecule has 0 aromatic heterocycles. The van der Waals surface area contributed by atoms with Crippen molar-refractivity contribution in [1.82, 2.24) is 0 Å². The molecule has 0 saturated carbocycles. The molecule has 2 aromatic rings. The third kappa shape index (κ3) is 4.50. The van der Waals surface area contributed by atoms with E-state index in [4.69, 9.17) is 4.74 Å². The predicted octanol–water partition coefficient (Wildman–Crippen LogP) is 4.69. The van der Waals surface area contributed by atoms with Crippen LogP contribution in [0.1, 0.15) is 21.5 Å². The number of carbonyl (C=O) groups is 1. The lowest BCUT2D eigenvalue weighted by molar-refractivity contribution is -0.387. The van der Waals surface area contributed by atoms with Crippen molar-refractivity contribution in [3.05, 3.63) is 69.3 Å². The molecule has 0 radical (unpaired) electrons. The summed E-state index contributed by atoms with van der Waals surface area (Å²) >= 11 is 1.14. The molecule has 0 aliphatic heterocycles. The molecule has 0 heterocycles. The molecule has 132 valence electrons. The first-order valence-electron chi connectivity index (χ1n) is 6.88. The lowest BCUT2D eigenvalue weighted by Crippen LogP contribution is -2.12. The molecule has 0 unspecified atom stereocenters. The average Bonchev–Trinajstić information content (AvgIpc) is 2.58. The summed E-state index contributed by atoms with van der Waals surface area (Å²) in [6, 6.07) is 8.50. The number of ether oxygens (including phenoxy) is 1. The van der Waals surface area contributed by atoms with Crippen molar-refractivity contribution in [2.24, 2.45) is 0 Å². The van der Waals surface area contributed by atoms with Crippen LogP contribution in [0.25, 0.3) is 0 Å². The molecular weight excluding hydrogens is 359 g/mol. The zero-order valence-corrected chi connectivity index (χ0v) is 13.7. The van der Waals surface area contributed by atoms with Crippen molar-refractivity contribution < 1.29 is 27.6 Å². The van der Waals surface area contributed by atoms with E-state index in [0.29, 0.717) is 4.90 Å². The number of alkyl halides is 3. The summed E-state index contributed by atoms with van der Waals surface area (Å²) in [6.45, 7) is -0.591. The van der Waals surface area contributed by atoms with E-state index >= 15 is 0 Å². The number of carbonyl (C=O) groups excluding carboxylic acids is 1. The quantitative estimate of drug-likeness (QED) is 0.330. The fourth-order valence-electron chi connectivity index (χ4n) is 2.11. The Morgan fingerprint density at radius 1 is 1.24 bits per heavy atom. The number of nitrogens with zero attached hydrogens (tertiary/aromatic N) is 1. The minimum absolute atomic E-state index is 0.103. The van der Waals surface area contributed by atoms with Gasteiger partial charge < -0.3 is 4.74 Å². The first kappa shape index (κ1) is 18.8. The Bertz CT molecular complexity index is 808. The predicted molar refractivity (Wildman–Crippen MR) is 85.4 cm³/mol. The highest BCUT2D eigenvalue weighted by molar-refractivity contribution is 7.98. The highest BCUT2D eigenvalue weighted by Crippen LogP contribution is 2.32. The van der Waals surface area contributed by atoms with Gasteiger partial charge in [0.05, 0.1) is 20.9 Å². The van der Waals surface area contributed by atoms with Crippen molar-refractivity contribution in [2.75, 3.05) is 6.26 Å². The number of hydrogen-bond acceptors (Lipinski definition) is 5. The summed E-state index contributed by atoms with van der Waals surface area (Å²) in [5, 5.41) is 11.0. The molecule has 2 aromatic carbocycles. The van der Waals surface area contributed by atoms with Crippen molar-refractivity contribution >= 4 is 23.4 Å². The summed E-state index contributed by atoms with van der Waals surface area (Å²) in [5.74, 6) is -0.937. The highest BCUT2D eigenvalue weighted by atomic mass is 32.2. The fraction of sp³-hybridized carbons (Fsp3) is 0.188. The van der Waals surface area contributed by atoms with Gasteiger partial charge in [0.1, 0.15) is 6.61 Å². The molecule has 0 N–H and O–H groups in total. The molecule has 0 saturated heterocycles. The second-order valence-corrected chi connectivity index (χ2v) is 5.72. The molecule has 0 spiro atoms. The van der Waals surface area contributed by atoms with E-state index in [2.05, 4.69) is 0 Å². The third-order valence-electron chi connectivity index (χ3n) is 3.29. The molecule has 0 bridgehead atoms. The fourth-order valence-corrected chi connectivity index (χ4v) is 2.66. The summed E-state index contributed by atoms with van der Waals surface area (Å²) in [4.78, 5) is 22.8. The van der Waals surface area contributed by atoms with Crippen molar-refractivity contribution in [3.63, 3.8) is 0 Å². The van der Waals surface area contributed by atoms with E-state index in [9.17, 15) is 28.1 Å². The van der Waals surface area contributed by atoms with Gasteiger partial charge in [-0.05, 0) is 24.5 Å². The van der Waals surface area contributed by atoms with Crippen LogP contribution in [0.3, 0.4) is 0 Å². The van der Waals surface area contributed by atoms with Gasteiger partial charge in [-0.15, -0.1) is 11.8 Å². The van der Waals surface area contributed by atoms with Gasteiger partial charge in [0.15, 0.2) is 0 Å². The van der Waals surface area contributed by atoms with Gasteiger partial charge in [-0.25, -0.2) is 4.79 Å². The Labute approximate surface area is 144 Å². The molecule has 5 nitrogen and oxygen atoms in total. The first-order valence-corrected chi connectivity index (χ1v) is 8.11. The Balaban J connectivity index is 2.19. The van der Waals surface area contributed by atoms with Crippen LogP contribution < -0.4 is 0 Å². The summed E-state index contributed by atoms with van der Waals surface area (Å²) in [7, 11) is 0. The van der Waals surface area contributed by atoms with E-state index in [-0.39, 0.29) is 16.8 Å². The van der Waals surface area contributed by atoms with Gasteiger partial charge in [0.2, 0.25) is 0 Å². The number of thioether (sulfide) groups is 1. The largest absolute Gasteiger partial charge is 0.457 e. The maximum Gasteiger partial charge on any atom is 0.416 e.